The Morgan fingerprint density at radius 2 is 2.20 bits per heavy atom. The summed E-state index contributed by atoms with van der Waals surface area (Å²) in [6, 6.07) is 1.89. The molecule has 7 nitrogen and oxygen atoms in total. The van der Waals surface area contributed by atoms with Crippen LogP contribution in [0.3, 0.4) is 0 Å². The second-order valence-corrected chi connectivity index (χ2v) is 8.02. The van der Waals surface area contributed by atoms with Gasteiger partial charge in [-0.1, -0.05) is 13.8 Å². The smallest absolute Gasteiger partial charge is 0.313 e. The number of ether oxygens (including phenoxy) is 1. The fraction of sp³-hybridized carbons (Fsp3) is 0.588. The molecular formula is C17H23N3O4S. The summed E-state index contributed by atoms with van der Waals surface area (Å²) in [5.74, 6) is -0.753. The van der Waals surface area contributed by atoms with Crippen molar-refractivity contribution < 1.29 is 19.4 Å². The Balaban J connectivity index is 1.88. The minimum atomic E-state index is -1.01. The SMILES string of the molecule is COCC1(C(=O)O)CCN(C(=O)c2cc3c(C(C)C)nn(C)c3s2)C1. The average Bonchev–Trinajstić information content (AvgIpc) is 3.22. The van der Waals surface area contributed by atoms with Crippen LogP contribution in [0.25, 0.3) is 10.2 Å². The number of nitrogens with zero attached hydrogens (tertiary/aromatic N) is 3. The van der Waals surface area contributed by atoms with Crippen LogP contribution in [0, 0.1) is 5.41 Å². The van der Waals surface area contributed by atoms with E-state index in [4.69, 9.17) is 4.74 Å². The van der Waals surface area contributed by atoms with E-state index in [-0.39, 0.29) is 25.0 Å². The molecule has 0 aromatic carbocycles. The summed E-state index contributed by atoms with van der Waals surface area (Å²) in [5.41, 5.74) is -0.0281. The maximum Gasteiger partial charge on any atom is 0.313 e. The molecule has 1 aliphatic heterocycles. The molecule has 1 unspecified atom stereocenters. The normalized spacial score (nSPS) is 20.8. The minimum Gasteiger partial charge on any atom is -0.481 e. The van der Waals surface area contributed by atoms with Crippen LogP contribution in [-0.2, 0) is 16.6 Å². The van der Waals surface area contributed by atoms with Crippen LogP contribution in [0.2, 0.25) is 0 Å². The number of rotatable bonds is 5. The number of carboxylic acids is 1. The van der Waals surface area contributed by atoms with Crippen LogP contribution in [0.4, 0.5) is 0 Å². The molecule has 2 aromatic heterocycles. The number of carbonyl (C=O) groups excluding carboxylic acids is 1. The minimum absolute atomic E-state index is 0.111. The van der Waals surface area contributed by atoms with Gasteiger partial charge >= 0.3 is 5.97 Å². The Morgan fingerprint density at radius 1 is 1.48 bits per heavy atom. The van der Waals surface area contributed by atoms with Crippen molar-refractivity contribution in [3.63, 3.8) is 0 Å². The predicted molar refractivity (Wildman–Crippen MR) is 95.1 cm³/mol. The number of aromatic nitrogens is 2. The monoisotopic (exact) mass is 365 g/mol. The molecule has 1 atom stereocenters. The van der Waals surface area contributed by atoms with Gasteiger partial charge in [0.2, 0.25) is 0 Å². The van der Waals surface area contributed by atoms with E-state index >= 15 is 0 Å². The number of thiophene rings is 1. The van der Waals surface area contributed by atoms with Crippen molar-refractivity contribution in [2.45, 2.75) is 26.2 Å². The standard InChI is InChI=1S/C17H23N3O4S/c1-10(2)13-11-7-12(25-15(11)19(3)18-13)14(21)20-6-5-17(8-20,9-24-4)16(22)23/h7,10H,5-6,8-9H2,1-4H3,(H,22,23). The Bertz CT molecular complexity index is 825. The lowest BCUT2D eigenvalue weighted by molar-refractivity contribution is -0.151. The first-order valence-electron chi connectivity index (χ1n) is 8.27. The Labute approximate surface area is 150 Å². The molecule has 0 radical (unpaired) electrons. The summed E-state index contributed by atoms with van der Waals surface area (Å²) in [6.07, 6.45) is 0.408. The highest BCUT2D eigenvalue weighted by atomic mass is 32.1. The molecule has 0 spiro atoms. The number of aliphatic carboxylic acids is 1. The number of amides is 1. The van der Waals surface area contributed by atoms with Gasteiger partial charge in [0.05, 0.1) is 17.2 Å². The van der Waals surface area contributed by atoms with Gasteiger partial charge in [0.1, 0.15) is 10.2 Å². The fourth-order valence-corrected chi connectivity index (χ4v) is 4.48. The van der Waals surface area contributed by atoms with E-state index in [0.29, 0.717) is 17.8 Å². The Kier molecular flexibility index (Phi) is 4.59. The van der Waals surface area contributed by atoms with Gasteiger partial charge in [-0.05, 0) is 18.4 Å². The molecule has 0 bridgehead atoms. The van der Waals surface area contributed by atoms with E-state index in [1.54, 1.807) is 4.90 Å². The second-order valence-electron chi connectivity index (χ2n) is 6.99. The second kappa shape index (κ2) is 6.42. The third kappa shape index (κ3) is 2.93. The molecule has 1 aliphatic rings. The summed E-state index contributed by atoms with van der Waals surface area (Å²) >= 11 is 1.41. The number of methoxy groups -OCH3 is 1. The van der Waals surface area contributed by atoms with Crippen molar-refractivity contribution in [2.24, 2.45) is 12.5 Å². The number of likely N-dealkylation sites (tertiary alicyclic amines) is 1. The quantitative estimate of drug-likeness (QED) is 0.879. The number of hydrogen-bond donors (Lipinski definition) is 1. The van der Waals surface area contributed by atoms with Gasteiger partial charge in [-0.2, -0.15) is 5.10 Å². The van der Waals surface area contributed by atoms with Crippen LogP contribution in [0.15, 0.2) is 6.07 Å². The van der Waals surface area contributed by atoms with Gasteiger partial charge in [-0.3, -0.25) is 14.3 Å². The van der Waals surface area contributed by atoms with E-state index in [2.05, 4.69) is 18.9 Å². The van der Waals surface area contributed by atoms with Gasteiger partial charge in [0.15, 0.2) is 0 Å². The molecule has 2 aromatic rings. The number of carboxylic acid groups (broad SMARTS) is 1. The summed E-state index contributed by atoms with van der Waals surface area (Å²) in [7, 11) is 3.37. The topological polar surface area (TPSA) is 84.7 Å². The number of aryl methyl sites for hydroxylation is 1. The van der Waals surface area contributed by atoms with Gasteiger partial charge in [-0.15, -0.1) is 11.3 Å². The molecule has 25 heavy (non-hydrogen) atoms. The zero-order valence-electron chi connectivity index (χ0n) is 14.9. The first kappa shape index (κ1) is 17.9. The molecular weight excluding hydrogens is 342 g/mol. The maximum absolute atomic E-state index is 12.9. The highest BCUT2D eigenvalue weighted by molar-refractivity contribution is 7.20. The lowest BCUT2D eigenvalue weighted by Gasteiger charge is -2.23. The average molecular weight is 365 g/mol. The van der Waals surface area contributed by atoms with Gasteiger partial charge in [-0.25, -0.2) is 0 Å². The van der Waals surface area contributed by atoms with Crippen LogP contribution < -0.4 is 0 Å². The van der Waals surface area contributed by atoms with Crippen LogP contribution >= 0.6 is 11.3 Å². The van der Waals surface area contributed by atoms with Gasteiger partial charge in [0, 0.05) is 32.6 Å². The van der Waals surface area contributed by atoms with Gasteiger partial charge < -0.3 is 14.7 Å². The maximum atomic E-state index is 12.9. The summed E-state index contributed by atoms with van der Waals surface area (Å²) < 4.78 is 6.90. The van der Waals surface area contributed by atoms with Crippen molar-refractivity contribution in [1.29, 1.82) is 0 Å². The van der Waals surface area contributed by atoms with E-state index in [9.17, 15) is 14.7 Å². The molecule has 3 heterocycles. The number of carbonyl (C=O) groups is 2. The van der Waals surface area contributed by atoms with Crippen molar-refractivity contribution in [3.8, 4) is 0 Å². The van der Waals surface area contributed by atoms with Crippen LogP contribution in [0.5, 0.6) is 0 Å². The lowest BCUT2D eigenvalue weighted by Crippen LogP contribution is -2.40. The first-order chi connectivity index (χ1) is 11.8. The highest BCUT2D eigenvalue weighted by Crippen LogP contribution is 2.35. The lowest BCUT2D eigenvalue weighted by atomic mass is 9.88. The van der Waals surface area contributed by atoms with E-state index in [0.717, 1.165) is 15.9 Å². The van der Waals surface area contributed by atoms with Crippen molar-refractivity contribution in [2.75, 3.05) is 26.8 Å². The molecule has 136 valence electrons. The van der Waals surface area contributed by atoms with E-state index in [1.807, 2.05) is 17.8 Å². The fourth-order valence-electron chi connectivity index (χ4n) is 3.43. The third-order valence-corrected chi connectivity index (χ3v) is 6.00. The number of hydrogen-bond acceptors (Lipinski definition) is 5. The molecule has 8 heteroatoms. The highest BCUT2D eigenvalue weighted by Gasteiger charge is 2.46. The summed E-state index contributed by atoms with van der Waals surface area (Å²) in [4.78, 5) is 27.8. The zero-order chi connectivity index (χ0) is 18.4. The van der Waals surface area contributed by atoms with Crippen molar-refractivity contribution in [3.05, 3.63) is 16.6 Å². The largest absolute Gasteiger partial charge is 0.481 e. The molecule has 0 aliphatic carbocycles. The summed E-state index contributed by atoms with van der Waals surface area (Å²) in [6.45, 7) is 4.87. The van der Waals surface area contributed by atoms with Crippen molar-refractivity contribution in [1.82, 2.24) is 14.7 Å². The molecule has 3 rings (SSSR count). The molecule has 1 N–H and O–H groups in total. The predicted octanol–water partition coefficient (Wildman–Crippen LogP) is 2.32. The van der Waals surface area contributed by atoms with Gasteiger partial charge in [0.25, 0.3) is 5.91 Å². The summed E-state index contributed by atoms with van der Waals surface area (Å²) in [5, 5.41) is 15.1. The Morgan fingerprint density at radius 3 is 2.80 bits per heavy atom. The number of fused-ring (bicyclic) bond motifs is 1. The molecule has 1 saturated heterocycles. The Hall–Kier alpha value is -1.93. The van der Waals surface area contributed by atoms with E-state index < -0.39 is 11.4 Å². The molecule has 0 saturated carbocycles. The molecule has 1 amide bonds. The molecule has 1 fully saturated rings. The first-order valence-corrected chi connectivity index (χ1v) is 9.09. The zero-order valence-corrected chi connectivity index (χ0v) is 15.7. The van der Waals surface area contributed by atoms with Crippen LogP contribution in [0.1, 0.15) is 41.6 Å². The van der Waals surface area contributed by atoms with Crippen molar-refractivity contribution >= 4 is 33.4 Å². The third-order valence-electron chi connectivity index (χ3n) is 4.81. The van der Waals surface area contributed by atoms with Crippen LogP contribution in [-0.4, -0.2) is 58.5 Å². The van der Waals surface area contributed by atoms with E-state index in [1.165, 1.54) is 18.4 Å².